The van der Waals surface area contributed by atoms with Gasteiger partial charge in [-0.3, -0.25) is 9.59 Å². The number of nitrogens with one attached hydrogen (secondary N) is 1. The molecule has 0 saturated carbocycles. The molecule has 1 aromatic rings. The minimum absolute atomic E-state index is 0.00926. The number of nitrogen functional groups attached to an aromatic ring is 1. The van der Waals surface area contributed by atoms with Crippen LogP contribution in [-0.2, 0) is 9.59 Å². The van der Waals surface area contributed by atoms with Crippen molar-refractivity contribution in [1.29, 1.82) is 0 Å². The van der Waals surface area contributed by atoms with Crippen LogP contribution in [0.4, 0.5) is 5.69 Å². The summed E-state index contributed by atoms with van der Waals surface area (Å²) in [7, 11) is 0. The Kier molecular flexibility index (Phi) is 4.12. The molecule has 2 rings (SSSR count). The molecule has 1 saturated heterocycles. The van der Waals surface area contributed by atoms with Gasteiger partial charge in [0.1, 0.15) is 0 Å². The van der Waals surface area contributed by atoms with Crippen LogP contribution in [0.15, 0.2) is 24.3 Å². The predicted octanol–water partition coefficient (Wildman–Crippen LogP) is 0.998. The van der Waals surface area contributed by atoms with Crippen molar-refractivity contribution in [3.05, 3.63) is 29.3 Å². The number of halogens is 1. The van der Waals surface area contributed by atoms with Crippen molar-refractivity contribution in [3.63, 3.8) is 0 Å². The van der Waals surface area contributed by atoms with Crippen molar-refractivity contribution < 1.29 is 9.59 Å². The zero-order chi connectivity index (χ0) is 11.3. The number of benzene rings is 1. The van der Waals surface area contributed by atoms with Crippen molar-refractivity contribution in [1.82, 2.24) is 5.32 Å². The van der Waals surface area contributed by atoms with E-state index in [2.05, 4.69) is 5.32 Å². The summed E-state index contributed by atoms with van der Waals surface area (Å²) in [6, 6.07) is 7.05. The molecular formula is C10H11ClN2O2. The van der Waals surface area contributed by atoms with Crippen molar-refractivity contribution in [2.45, 2.75) is 6.42 Å². The molecule has 0 atom stereocenters. The molecule has 0 unspecified atom stereocenters. The lowest BCUT2D eigenvalue weighted by atomic mass is 10.3. The van der Waals surface area contributed by atoms with Crippen LogP contribution < -0.4 is 11.1 Å². The van der Waals surface area contributed by atoms with Crippen LogP contribution in [0.25, 0.3) is 0 Å². The molecule has 1 aliphatic heterocycles. The van der Waals surface area contributed by atoms with Crippen LogP contribution in [-0.4, -0.2) is 18.2 Å². The van der Waals surface area contributed by atoms with Crippen molar-refractivity contribution >= 4 is 29.0 Å². The second-order valence-electron chi connectivity index (χ2n) is 3.04. The Morgan fingerprint density at radius 1 is 1.20 bits per heavy atom. The highest BCUT2D eigenvalue weighted by molar-refractivity contribution is 6.30. The highest BCUT2D eigenvalue weighted by Gasteiger charge is 2.16. The molecule has 1 amide bonds. The smallest absolute Gasteiger partial charge is 0.227 e. The summed E-state index contributed by atoms with van der Waals surface area (Å²) in [5.41, 5.74) is 6.11. The van der Waals surface area contributed by atoms with Crippen LogP contribution in [0.5, 0.6) is 0 Å². The van der Waals surface area contributed by atoms with E-state index in [1.54, 1.807) is 24.3 Å². The number of amides is 1. The van der Waals surface area contributed by atoms with Gasteiger partial charge in [-0.15, -0.1) is 0 Å². The fraction of sp³-hybridized carbons (Fsp3) is 0.200. The van der Waals surface area contributed by atoms with Gasteiger partial charge in [0.25, 0.3) is 0 Å². The fourth-order valence-corrected chi connectivity index (χ4v) is 1.09. The molecule has 15 heavy (non-hydrogen) atoms. The molecule has 0 spiro atoms. The van der Waals surface area contributed by atoms with E-state index in [4.69, 9.17) is 17.3 Å². The van der Waals surface area contributed by atoms with Gasteiger partial charge in [-0.2, -0.15) is 0 Å². The quantitative estimate of drug-likeness (QED) is 0.512. The molecule has 80 valence electrons. The Morgan fingerprint density at radius 2 is 1.80 bits per heavy atom. The van der Waals surface area contributed by atoms with E-state index in [1.807, 2.05) is 0 Å². The fourth-order valence-electron chi connectivity index (χ4n) is 0.964. The van der Waals surface area contributed by atoms with Gasteiger partial charge in [0.05, 0.1) is 13.0 Å². The first-order valence-corrected chi connectivity index (χ1v) is 4.75. The summed E-state index contributed by atoms with van der Waals surface area (Å²) in [5.74, 6) is -0.157. The number of carbonyl (C=O) groups is 2. The standard InChI is InChI=1S/C6H6ClN.C4H5NO2/c7-5-1-3-6(8)4-2-5;6-3-1-4(7)5-2-3/h1-4H,8H2;1-2H2,(H,5,7). The van der Waals surface area contributed by atoms with Crippen molar-refractivity contribution in [2.75, 3.05) is 12.3 Å². The van der Waals surface area contributed by atoms with Gasteiger partial charge >= 0.3 is 0 Å². The first-order chi connectivity index (χ1) is 7.08. The molecule has 0 radical (unpaired) electrons. The number of Topliss-reactive ketones (excluding diaryl/α,β-unsaturated/α-hetero) is 1. The Hall–Kier alpha value is -1.55. The molecule has 1 fully saturated rings. The van der Waals surface area contributed by atoms with E-state index in [9.17, 15) is 9.59 Å². The zero-order valence-electron chi connectivity index (χ0n) is 8.00. The first-order valence-electron chi connectivity index (χ1n) is 4.37. The number of rotatable bonds is 0. The second kappa shape index (κ2) is 5.36. The lowest BCUT2D eigenvalue weighted by Gasteiger charge is -1.88. The minimum atomic E-state index is -0.148. The van der Waals surface area contributed by atoms with Gasteiger partial charge in [-0.1, -0.05) is 11.6 Å². The number of anilines is 1. The third kappa shape index (κ3) is 4.46. The maximum atomic E-state index is 10.2. The lowest BCUT2D eigenvalue weighted by molar-refractivity contribution is -0.122. The summed E-state index contributed by atoms with van der Waals surface area (Å²) in [5, 5.41) is 3.10. The Morgan fingerprint density at radius 3 is 2.07 bits per heavy atom. The Balaban J connectivity index is 0.000000151. The topological polar surface area (TPSA) is 72.2 Å². The highest BCUT2D eigenvalue weighted by atomic mass is 35.5. The van der Waals surface area contributed by atoms with E-state index >= 15 is 0 Å². The molecule has 1 aliphatic rings. The first kappa shape index (κ1) is 11.5. The average Bonchev–Trinajstić information content (AvgIpc) is 2.56. The number of ketones is 1. The summed E-state index contributed by atoms with van der Waals surface area (Å²) in [4.78, 5) is 20.3. The summed E-state index contributed by atoms with van der Waals surface area (Å²) in [6.45, 7) is 0.235. The Bertz CT molecular complexity index is 327. The number of hydrogen-bond acceptors (Lipinski definition) is 3. The largest absolute Gasteiger partial charge is 0.399 e. The van der Waals surface area contributed by atoms with Crippen molar-refractivity contribution in [2.24, 2.45) is 0 Å². The van der Waals surface area contributed by atoms with Crippen LogP contribution in [0.1, 0.15) is 6.42 Å². The lowest BCUT2D eigenvalue weighted by Crippen LogP contribution is -2.13. The van der Waals surface area contributed by atoms with Crippen LogP contribution in [0.2, 0.25) is 5.02 Å². The number of nitrogens with two attached hydrogens (primary N) is 1. The van der Waals surface area contributed by atoms with Crippen LogP contribution >= 0.6 is 11.6 Å². The van der Waals surface area contributed by atoms with E-state index in [0.717, 1.165) is 10.7 Å². The van der Waals surface area contributed by atoms with Gasteiger partial charge in [-0.25, -0.2) is 0 Å². The molecule has 0 bridgehead atoms. The highest BCUT2D eigenvalue weighted by Crippen LogP contribution is 2.09. The van der Waals surface area contributed by atoms with Crippen LogP contribution in [0, 0.1) is 0 Å². The molecule has 3 N–H and O–H groups in total. The monoisotopic (exact) mass is 226 g/mol. The second-order valence-corrected chi connectivity index (χ2v) is 3.48. The summed E-state index contributed by atoms with van der Waals surface area (Å²) in [6.07, 6.45) is 0.0833. The molecule has 0 aliphatic carbocycles. The van der Waals surface area contributed by atoms with Crippen LogP contribution in [0.3, 0.4) is 0 Å². The normalized spacial score (nSPS) is 14.2. The van der Waals surface area contributed by atoms with E-state index in [-0.39, 0.29) is 24.7 Å². The van der Waals surface area contributed by atoms with Gasteiger partial charge in [0.2, 0.25) is 5.91 Å². The Labute approximate surface area is 92.4 Å². The zero-order valence-corrected chi connectivity index (χ0v) is 8.75. The van der Waals surface area contributed by atoms with Gasteiger partial charge < -0.3 is 11.1 Å². The van der Waals surface area contributed by atoms with E-state index in [1.165, 1.54) is 0 Å². The van der Waals surface area contributed by atoms with Gasteiger partial charge in [0, 0.05) is 10.7 Å². The summed E-state index contributed by atoms with van der Waals surface area (Å²) >= 11 is 5.56. The molecule has 1 aromatic carbocycles. The molecule has 5 heteroatoms. The van der Waals surface area contributed by atoms with Crippen molar-refractivity contribution in [3.8, 4) is 0 Å². The minimum Gasteiger partial charge on any atom is -0.399 e. The SMILES string of the molecule is Nc1ccc(Cl)cc1.O=C1CNC(=O)C1. The maximum Gasteiger partial charge on any atom is 0.227 e. The molecular weight excluding hydrogens is 216 g/mol. The summed E-state index contributed by atoms with van der Waals surface area (Å²) < 4.78 is 0. The number of carbonyl (C=O) groups excluding carboxylic acids is 2. The van der Waals surface area contributed by atoms with E-state index < -0.39 is 0 Å². The molecule has 1 heterocycles. The third-order valence-corrected chi connectivity index (χ3v) is 1.96. The van der Waals surface area contributed by atoms with Gasteiger partial charge in [-0.05, 0) is 24.3 Å². The van der Waals surface area contributed by atoms with E-state index in [0.29, 0.717) is 0 Å². The number of hydrogen-bond donors (Lipinski definition) is 2. The van der Waals surface area contributed by atoms with Gasteiger partial charge in [0.15, 0.2) is 5.78 Å². The average molecular weight is 227 g/mol. The predicted molar refractivity (Wildman–Crippen MR) is 58.5 cm³/mol. The third-order valence-electron chi connectivity index (χ3n) is 1.71. The maximum absolute atomic E-state index is 10.2. The molecule has 0 aromatic heterocycles. The molecule has 4 nitrogen and oxygen atoms in total.